The van der Waals surface area contributed by atoms with Crippen LogP contribution in [0.2, 0.25) is 0 Å². The number of rotatable bonds is 0. The maximum atomic E-state index is 11.2. The summed E-state index contributed by atoms with van der Waals surface area (Å²) in [6, 6.07) is 0. The monoisotopic (exact) mass is 152 g/mol. The number of carbonyl (C=O) groups excluding carboxylic acids is 1. The fourth-order valence-corrected chi connectivity index (χ4v) is 1.87. The van der Waals surface area contributed by atoms with E-state index in [1.165, 1.54) is 5.57 Å². The average molecular weight is 152 g/mol. The van der Waals surface area contributed by atoms with E-state index in [0.717, 1.165) is 19.4 Å². The van der Waals surface area contributed by atoms with Crippen molar-refractivity contribution in [2.75, 3.05) is 6.61 Å². The molecule has 0 aromatic rings. The second-order valence-electron chi connectivity index (χ2n) is 3.33. The van der Waals surface area contributed by atoms with Crippen molar-refractivity contribution in [2.45, 2.75) is 26.2 Å². The molecule has 0 spiro atoms. The summed E-state index contributed by atoms with van der Waals surface area (Å²) in [4.78, 5) is 11.2. The Labute approximate surface area is 66.2 Å². The molecule has 0 radical (unpaired) electrons. The molecule has 1 heterocycles. The molecular formula is C9H12O2. The fraction of sp³-hybridized carbons (Fsp3) is 0.667. The SMILES string of the molecule is C[C@H]1CC(=O)C2=C1CCCO2. The molecule has 1 aliphatic heterocycles. The van der Waals surface area contributed by atoms with E-state index < -0.39 is 0 Å². The molecule has 60 valence electrons. The Morgan fingerprint density at radius 1 is 1.55 bits per heavy atom. The van der Waals surface area contributed by atoms with Crippen LogP contribution in [0.25, 0.3) is 0 Å². The molecule has 0 amide bonds. The Morgan fingerprint density at radius 2 is 2.36 bits per heavy atom. The van der Waals surface area contributed by atoms with Gasteiger partial charge in [0.25, 0.3) is 0 Å². The number of hydrogen-bond donors (Lipinski definition) is 0. The van der Waals surface area contributed by atoms with Crippen LogP contribution in [-0.2, 0) is 9.53 Å². The zero-order valence-corrected chi connectivity index (χ0v) is 6.72. The lowest BCUT2D eigenvalue weighted by Crippen LogP contribution is -2.08. The van der Waals surface area contributed by atoms with Crippen LogP contribution < -0.4 is 0 Å². The van der Waals surface area contributed by atoms with Crippen molar-refractivity contribution in [2.24, 2.45) is 5.92 Å². The van der Waals surface area contributed by atoms with Gasteiger partial charge < -0.3 is 4.74 Å². The van der Waals surface area contributed by atoms with E-state index in [2.05, 4.69) is 6.92 Å². The predicted octanol–water partition coefficient (Wildman–Crippen LogP) is 1.66. The molecule has 0 aromatic carbocycles. The first-order valence-electron chi connectivity index (χ1n) is 4.18. The van der Waals surface area contributed by atoms with Crippen molar-refractivity contribution in [3.63, 3.8) is 0 Å². The van der Waals surface area contributed by atoms with E-state index in [9.17, 15) is 4.79 Å². The first-order chi connectivity index (χ1) is 5.29. The first-order valence-corrected chi connectivity index (χ1v) is 4.18. The third kappa shape index (κ3) is 0.971. The van der Waals surface area contributed by atoms with E-state index in [4.69, 9.17) is 4.74 Å². The zero-order valence-electron chi connectivity index (χ0n) is 6.72. The quantitative estimate of drug-likeness (QED) is 0.527. The van der Waals surface area contributed by atoms with E-state index in [1.807, 2.05) is 0 Å². The predicted molar refractivity (Wildman–Crippen MR) is 41.0 cm³/mol. The fourth-order valence-electron chi connectivity index (χ4n) is 1.87. The molecule has 1 aliphatic carbocycles. The van der Waals surface area contributed by atoms with Gasteiger partial charge in [-0.3, -0.25) is 4.79 Å². The summed E-state index contributed by atoms with van der Waals surface area (Å²) in [5.41, 5.74) is 1.27. The lowest BCUT2D eigenvalue weighted by Gasteiger charge is -2.16. The number of ether oxygens (including phenoxy) is 1. The third-order valence-corrected chi connectivity index (χ3v) is 2.47. The maximum absolute atomic E-state index is 11.2. The summed E-state index contributed by atoms with van der Waals surface area (Å²) < 4.78 is 5.31. The van der Waals surface area contributed by atoms with Gasteiger partial charge >= 0.3 is 0 Å². The highest BCUT2D eigenvalue weighted by molar-refractivity contribution is 5.97. The van der Waals surface area contributed by atoms with Gasteiger partial charge in [-0.15, -0.1) is 0 Å². The van der Waals surface area contributed by atoms with Crippen molar-refractivity contribution in [1.29, 1.82) is 0 Å². The van der Waals surface area contributed by atoms with Gasteiger partial charge in [0.05, 0.1) is 6.61 Å². The molecule has 0 unspecified atom stereocenters. The molecule has 2 aliphatic rings. The molecule has 0 fully saturated rings. The number of ketones is 1. The van der Waals surface area contributed by atoms with Crippen molar-refractivity contribution in [3.05, 3.63) is 11.3 Å². The van der Waals surface area contributed by atoms with E-state index in [1.54, 1.807) is 0 Å². The molecule has 0 saturated heterocycles. The molecule has 2 heteroatoms. The standard InChI is InChI=1S/C9H12O2/c1-6-5-8(10)9-7(6)3-2-4-11-9/h6H,2-5H2,1H3/t6-/m0/s1. The molecule has 2 nitrogen and oxygen atoms in total. The Bertz CT molecular complexity index is 228. The largest absolute Gasteiger partial charge is 0.490 e. The van der Waals surface area contributed by atoms with Crippen molar-refractivity contribution in [1.82, 2.24) is 0 Å². The van der Waals surface area contributed by atoms with Crippen LogP contribution in [0.15, 0.2) is 11.3 Å². The second kappa shape index (κ2) is 2.36. The van der Waals surface area contributed by atoms with Gasteiger partial charge in [-0.1, -0.05) is 6.92 Å². The van der Waals surface area contributed by atoms with Crippen LogP contribution in [0.1, 0.15) is 26.2 Å². The number of allylic oxidation sites excluding steroid dienone is 2. The summed E-state index contributed by atoms with van der Waals surface area (Å²) in [6.07, 6.45) is 2.82. The highest BCUT2D eigenvalue weighted by Gasteiger charge is 2.32. The molecule has 1 atom stereocenters. The van der Waals surface area contributed by atoms with Crippen LogP contribution >= 0.6 is 0 Å². The Kier molecular flexibility index (Phi) is 1.48. The minimum Gasteiger partial charge on any atom is -0.490 e. The normalized spacial score (nSPS) is 30.3. The van der Waals surface area contributed by atoms with Crippen molar-refractivity contribution < 1.29 is 9.53 Å². The summed E-state index contributed by atoms with van der Waals surface area (Å²) >= 11 is 0. The number of Topliss-reactive ketones (excluding diaryl/α,β-unsaturated/α-hetero) is 1. The highest BCUT2D eigenvalue weighted by atomic mass is 16.5. The molecule has 2 rings (SSSR count). The Hall–Kier alpha value is -0.790. The lowest BCUT2D eigenvalue weighted by atomic mass is 9.99. The summed E-state index contributed by atoms with van der Waals surface area (Å²) in [7, 11) is 0. The topological polar surface area (TPSA) is 26.3 Å². The molecule has 11 heavy (non-hydrogen) atoms. The Balaban J connectivity index is 2.32. The number of carbonyl (C=O) groups is 1. The maximum Gasteiger partial charge on any atom is 0.197 e. The summed E-state index contributed by atoms with van der Waals surface area (Å²) in [5, 5.41) is 0. The van der Waals surface area contributed by atoms with Gasteiger partial charge in [-0.25, -0.2) is 0 Å². The van der Waals surface area contributed by atoms with Gasteiger partial charge in [0.15, 0.2) is 11.5 Å². The number of hydrogen-bond acceptors (Lipinski definition) is 2. The van der Waals surface area contributed by atoms with Gasteiger partial charge in [0.2, 0.25) is 0 Å². The van der Waals surface area contributed by atoms with Crippen LogP contribution in [0, 0.1) is 5.92 Å². The van der Waals surface area contributed by atoms with Crippen molar-refractivity contribution >= 4 is 5.78 Å². The Morgan fingerprint density at radius 3 is 3.09 bits per heavy atom. The van der Waals surface area contributed by atoms with Gasteiger partial charge in [0, 0.05) is 6.42 Å². The van der Waals surface area contributed by atoms with E-state index in [0.29, 0.717) is 18.1 Å². The van der Waals surface area contributed by atoms with Crippen LogP contribution in [-0.4, -0.2) is 12.4 Å². The van der Waals surface area contributed by atoms with Crippen LogP contribution in [0.5, 0.6) is 0 Å². The lowest BCUT2D eigenvalue weighted by molar-refractivity contribution is -0.118. The van der Waals surface area contributed by atoms with Gasteiger partial charge in [-0.2, -0.15) is 0 Å². The summed E-state index contributed by atoms with van der Waals surface area (Å²) in [5.74, 6) is 1.36. The minimum absolute atomic E-state index is 0.215. The second-order valence-corrected chi connectivity index (χ2v) is 3.33. The first kappa shape index (κ1) is 6.89. The molecular weight excluding hydrogens is 140 g/mol. The van der Waals surface area contributed by atoms with Gasteiger partial charge in [0.1, 0.15) is 0 Å². The molecule has 0 bridgehead atoms. The zero-order chi connectivity index (χ0) is 7.84. The minimum atomic E-state index is 0.215. The summed E-state index contributed by atoms with van der Waals surface area (Å²) in [6.45, 7) is 2.84. The van der Waals surface area contributed by atoms with E-state index >= 15 is 0 Å². The van der Waals surface area contributed by atoms with Crippen LogP contribution in [0.4, 0.5) is 0 Å². The van der Waals surface area contributed by atoms with E-state index in [-0.39, 0.29) is 5.78 Å². The third-order valence-electron chi connectivity index (χ3n) is 2.47. The van der Waals surface area contributed by atoms with Gasteiger partial charge in [-0.05, 0) is 24.3 Å². The van der Waals surface area contributed by atoms with Crippen molar-refractivity contribution in [3.8, 4) is 0 Å². The highest BCUT2D eigenvalue weighted by Crippen LogP contribution is 2.35. The van der Waals surface area contributed by atoms with Crippen LogP contribution in [0.3, 0.4) is 0 Å². The average Bonchev–Trinajstić information content (AvgIpc) is 2.30. The molecule has 0 N–H and O–H groups in total. The molecule has 0 saturated carbocycles. The smallest absolute Gasteiger partial charge is 0.197 e. The molecule has 0 aromatic heterocycles.